The van der Waals surface area contributed by atoms with Gasteiger partial charge in [-0.2, -0.15) is 0 Å². The highest BCUT2D eigenvalue weighted by atomic mass is 16.3. The van der Waals surface area contributed by atoms with Crippen molar-refractivity contribution in [3.05, 3.63) is 24.3 Å². The van der Waals surface area contributed by atoms with Gasteiger partial charge in [0.25, 0.3) is 0 Å². The molecule has 0 aromatic heterocycles. The molecule has 0 aromatic carbocycles. The van der Waals surface area contributed by atoms with E-state index in [1.165, 1.54) is 103 Å². The van der Waals surface area contributed by atoms with Crippen LogP contribution in [0.15, 0.2) is 24.3 Å². The molecule has 0 aliphatic heterocycles. The number of aliphatic hydroxyl groups excluding tert-OH is 2. The third kappa shape index (κ3) is 28.2. The summed E-state index contributed by atoms with van der Waals surface area (Å²) >= 11 is 0. The zero-order valence-electron chi connectivity index (χ0n) is 26.2. The minimum atomic E-state index is -0.660. The molecule has 0 rings (SSSR count). The lowest BCUT2D eigenvalue weighted by Crippen LogP contribution is -2.45. The molecule has 39 heavy (non-hydrogen) atoms. The Labute approximate surface area is 243 Å². The molecule has 0 aliphatic carbocycles. The number of unbranched alkanes of at least 4 members (excludes halogenated alkanes) is 19. The van der Waals surface area contributed by atoms with Gasteiger partial charge in [0.2, 0.25) is 5.91 Å². The SMILES string of the molecule is CCCCC/C=C\C/C=C\CCCCCCCC(=O)NC(CO)C(O)CCCCCCCCCCCCCC. The van der Waals surface area contributed by atoms with E-state index in [1.807, 2.05) is 0 Å². The minimum Gasteiger partial charge on any atom is -0.394 e. The highest BCUT2D eigenvalue weighted by molar-refractivity contribution is 5.76. The molecule has 0 bridgehead atoms. The third-order valence-corrected chi connectivity index (χ3v) is 7.72. The Bertz CT molecular complexity index is 560. The molecule has 0 saturated carbocycles. The summed E-state index contributed by atoms with van der Waals surface area (Å²) in [6.45, 7) is 4.30. The van der Waals surface area contributed by atoms with Crippen LogP contribution in [0.5, 0.6) is 0 Å². The first-order chi connectivity index (χ1) is 19.2. The van der Waals surface area contributed by atoms with Crippen LogP contribution in [0.2, 0.25) is 0 Å². The topological polar surface area (TPSA) is 69.6 Å². The first-order valence-electron chi connectivity index (χ1n) is 17.0. The molecule has 0 fully saturated rings. The summed E-state index contributed by atoms with van der Waals surface area (Å²) in [7, 11) is 0. The molecule has 1 amide bonds. The van der Waals surface area contributed by atoms with Crippen LogP contribution in [0.4, 0.5) is 0 Å². The average Bonchev–Trinajstić information content (AvgIpc) is 2.94. The number of rotatable bonds is 30. The molecule has 3 N–H and O–H groups in total. The number of amides is 1. The highest BCUT2D eigenvalue weighted by Gasteiger charge is 2.19. The highest BCUT2D eigenvalue weighted by Crippen LogP contribution is 2.14. The Balaban J connectivity index is 3.62. The summed E-state index contributed by atoms with van der Waals surface area (Å²) in [5, 5.41) is 23.0. The predicted octanol–water partition coefficient (Wildman–Crippen LogP) is 9.73. The normalized spacial score (nSPS) is 13.4. The second-order valence-corrected chi connectivity index (χ2v) is 11.6. The lowest BCUT2D eigenvalue weighted by molar-refractivity contribution is -0.123. The number of hydrogen-bond acceptors (Lipinski definition) is 3. The zero-order chi connectivity index (χ0) is 28.7. The zero-order valence-corrected chi connectivity index (χ0v) is 26.2. The van der Waals surface area contributed by atoms with Gasteiger partial charge in [0, 0.05) is 6.42 Å². The minimum absolute atomic E-state index is 0.0477. The van der Waals surface area contributed by atoms with E-state index in [2.05, 4.69) is 43.5 Å². The summed E-state index contributed by atoms with van der Waals surface area (Å²) in [6, 6.07) is -0.539. The van der Waals surface area contributed by atoms with E-state index in [0.717, 1.165) is 44.9 Å². The number of carbonyl (C=O) groups excluding carboxylic acids is 1. The lowest BCUT2D eigenvalue weighted by Gasteiger charge is -2.22. The number of aliphatic hydroxyl groups is 2. The van der Waals surface area contributed by atoms with Gasteiger partial charge in [0.15, 0.2) is 0 Å². The van der Waals surface area contributed by atoms with Crippen molar-refractivity contribution in [2.75, 3.05) is 6.61 Å². The van der Waals surface area contributed by atoms with Gasteiger partial charge in [-0.15, -0.1) is 0 Å². The molecule has 0 saturated heterocycles. The summed E-state index contributed by atoms with van der Waals surface area (Å²) in [4.78, 5) is 12.3. The average molecular weight is 550 g/mol. The van der Waals surface area contributed by atoms with Crippen LogP contribution in [0.1, 0.15) is 174 Å². The molecule has 0 radical (unpaired) electrons. The molecule has 2 unspecified atom stereocenters. The van der Waals surface area contributed by atoms with Crippen LogP contribution in [0.3, 0.4) is 0 Å². The van der Waals surface area contributed by atoms with Crippen molar-refractivity contribution in [3.8, 4) is 0 Å². The van der Waals surface area contributed by atoms with Gasteiger partial charge in [-0.25, -0.2) is 0 Å². The predicted molar refractivity (Wildman–Crippen MR) is 170 cm³/mol. The molecule has 0 heterocycles. The molecule has 4 nitrogen and oxygen atoms in total. The van der Waals surface area contributed by atoms with Crippen molar-refractivity contribution >= 4 is 5.91 Å². The van der Waals surface area contributed by atoms with Gasteiger partial charge in [0.05, 0.1) is 18.8 Å². The van der Waals surface area contributed by atoms with Crippen molar-refractivity contribution < 1.29 is 15.0 Å². The number of nitrogens with one attached hydrogen (secondary N) is 1. The molecule has 0 spiro atoms. The maximum atomic E-state index is 12.3. The summed E-state index contributed by atoms with van der Waals surface area (Å²) in [6.07, 6.45) is 37.9. The van der Waals surface area contributed by atoms with Crippen LogP contribution in [-0.4, -0.2) is 34.9 Å². The van der Waals surface area contributed by atoms with Crippen LogP contribution in [0, 0.1) is 0 Å². The van der Waals surface area contributed by atoms with E-state index in [4.69, 9.17) is 0 Å². The van der Waals surface area contributed by atoms with Crippen molar-refractivity contribution in [1.29, 1.82) is 0 Å². The smallest absolute Gasteiger partial charge is 0.220 e. The first kappa shape index (κ1) is 37.9. The van der Waals surface area contributed by atoms with E-state index >= 15 is 0 Å². The quantitative estimate of drug-likeness (QED) is 0.0617. The Morgan fingerprint density at radius 2 is 1.05 bits per heavy atom. The van der Waals surface area contributed by atoms with E-state index < -0.39 is 12.1 Å². The maximum absolute atomic E-state index is 12.3. The summed E-state index contributed by atoms with van der Waals surface area (Å²) in [5.74, 6) is -0.0477. The fraction of sp³-hybridized carbons (Fsp3) is 0.857. The Morgan fingerprint density at radius 3 is 1.59 bits per heavy atom. The Morgan fingerprint density at radius 1 is 0.615 bits per heavy atom. The van der Waals surface area contributed by atoms with Crippen LogP contribution in [0.25, 0.3) is 0 Å². The molecule has 2 atom stereocenters. The number of carbonyl (C=O) groups is 1. The summed E-state index contributed by atoms with van der Waals surface area (Å²) in [5.41, 5.74) is 0. The van der Waals surface area contributed by atoms with Crippen LogP contribution < -0.4 is 5.32 Å². The van der Waals surface area contributed by atoms with Gasteiger partial charge in [0.1, 0.15) is 0 Å². The van der Waals surface area contributed by atoms with Crippen molar-refractivity contribution in [2.45, 2.75) is 187 Å². The molecular weight excluding hydrogens is 482 g/mol. The lowest BCUT2D eigenvalue weighted by atomic mass is 10.0. The second-order valence-electron chi connectivity index (χ2n) is 11.6. The second kappa shape index (κ2) is 31.4. The van der Waals surface area contributed by atoms with Crippen molar-refractivity contribution in [2.24, 2.45) is 0 Å². The number of allylic oxidation sites excluding steroid dienone is 4. The van der Waals surface area contributed by atoms with Crippen LogP contribution >= 0.6 is 0 Å². The third-order valence-electron chi connectivity index (χ3n) is 7.72. The van der Waals surface area contributed by atoms with Crippen molar-refractivity contribution in [3.63, 3.8) is 0 Å². The van der Waals surface area contributed by atoms with Gasteiger partial charge < -0.3 is 15.5 Å². The molecule has 4 heteroatoms. The monoisotopic (exact) mass is 550 g/mol. The fourth-order valence-electron chi connectivity index (χ4n) is 5.04. The van der Waals surface area contributed by atoms with E-state index in [0.29, 0.717) is 12.8 Å². The molecule has 0 aromatic rings. The largest absolute Gasteiger partial charge is 0.394 e. The molecule has 230 valence electrons. The van der Waals surface area contributed by atoms with Gasteiger partial charge >= 0.3 is 0 Å². The first-order valence-corrected chi connectivity index (χ1v) is 17.0. The fourth-order valence-corrected chi connectivity index (χ4v) is 5.04. The van der Waals surface area contributed by atoms with E-state index in [1.54, 1.807) is 0 Å². The molecular formula is C35H67NO3. The van der Waals surface area contributed by atoms with Gasteiger partial charge in [-0.1, -0.05) is 147 Å². The van der Waals surface area contributed by atoms with Gasteiger partial charge in [-0.05, 0) is 44.9 Å². The maximum Gasteiger partial charge on any atom is 0.220 e. The van der Waals surface area contributed by atoms with E-state index in [9.17, 15) is 15.0 Å². The standard InChI is InChI=1S/C35H67NO3/c1-3-5-7-9-11-13-15-17-18-19-21-23-25-27-29-31-35(39)36-33(32-37)34(38)30-28-26-24-22-20-16-14-12-10-8-6-4-2/h11,13,17-18,33-34,37-38H,3-10,12,14-16,19-32H2,1-2H3,(H,36,39)/b13-11-,18-17-. The molecule has 0 aliphatic rings. The summed E-state index contributed by atoms with van der Waals surface area (Å²) < 4.78 is 0. The van der Waals surface area contributed by atoms with Gasteiger partial charge in [-0.3, -0.25) is 4.79 Å². The van der Waals surface area contributed by atoms with Crippen LogP contribution in [-0.2, 0) is 4.79 Å². The van der Waals surface area contributed by atoms with E-state index in [-0.39, 0.29) is 12.5 Å². The Kier molecular flexibility index (Phi) is 30.5. The number of hydrogen-bond donors (Lipinski definition) is 3. The van der Waals surface area contributed by atoms with Crippen molar-refractivity contribution in [1.82, 2.24) is 5.32 Å². The Hall–Kier alpha value is -1.13.